The molecule has 11 rings (SSSR count). The van der Waals surface area contributed by atoms with Crippen LogP contribution in [-0.4, -0.2) is 11.7 Å². The van der Waals surface area contributed by atoms with E-state index in [1.807, 2.05) is 11.3 Å². The number of anilines is 6. The molecule has 5 aromatic carbocycles. The smallest absolute Gasteiger partial charge is 0.266 e. The Kier molecular flexibility index (Phi) is 11.2. The summed E-state index contributed by atoms with van der Waals surface area (Å²) in [5, 5.41) is 1.33. The van der Waals surface area contributed by atoms with Gasteiger partial charge in [0.05, 0.1) is 17.1 Å². The van der Waals surface area contributed by atoms with Crippen molar-refractivity contribution in [2.75, 3.05) is 9.80 Å². The van der Waals surface area contributed by atoms with E-state index in [4.69, 9.17) is 4.98 Å². The van der Waals surface area contributed by atoms with Crippen LogP contribution >= 0.6 is 11.3 Å². The SMILES string of the molecule is CC(C)(C)c1ccc(-c2cc(C(C)(C)C)ccc2N2c3cc4c(cc3B3c5sc6ccc(C(C)(C)C)cc6c5N(c5ccc6c(c5)C(C)(C)CCC6(C)C)c5nc(C(C)(C)C)cc2c53)C(C)(C)CCC4(C)C)cc1. The highest BCUT2D eigenvalue weighted by atomic mass is 32.1. The van der Waals surface area contributed by atoms with Crippen LogP contribution in [-0.2, 0) is 43.3 Å². The summed E-state index contributed by atoms with van der Waals surface area (Å²) in [6.45, 7) is 47.9. The number of hydrogen-bond acceptors (Lipinski definition) is 4. The van der Waals surface area contributed by atoms with Crippen LogP contribution in [0.2, 0.25) is 0 Å². The molecule has 384 valence electrons. The van der Waals surface area contributed by atoms with Crippen molar-refractivity contribution in [1.29, 1.82) is 0 Å². The molecule has 0 radical (unpaired) electrons. The van der Waals surface area contributed by atoms with Crippen molar-refractivity contribution < 1.29 is 0 Å². The normalized spacial score (nSPS) is 18.4. The number of pyridine rings is 1. The lowest BCUT2D eigenvalue weighted by Gasteiger charge is -2.47. The molecule has 0 saturated heterocycles. The second kappa shape index (κ2) is 16.2. The van der Waals surface area contributed by atoms with Crippen LogP contribution in [0.15, 0.2) is 97.1 Å². The Morgan fingerprint density at radius 1 is 0.473 bits per heavy atom. The maximum atomic E-state index is 6.07. The third kappa shape index (κ3) is 8.05. The van der Waals surface area contributed by atoms with Gasteiger partial charge in [-0.2, -0.15) is 0 Å². The van der Waals surface area contributed by atoms with Gasteiger partial charge in [0.15, 0.2) is 0 Å². The quantitative estimate of drug-likeness (QED) is 0.164. The monoisotopic (exact) mass is 998 g/mol. The van der Waals surface area contributed by atoms with Crippen molar-refractivity contribution in [3.05, 3.63) is 142 Å². The van der Waals surface area contributed by atoms with Gasteiger partial charge in [-0.3, -0.25) is 4.90 Å². The Bertz CT molecular complexity index is 3440. The molecule has 0 saturated carbocycles. The second-order valence-electron chi connectivity index (χ2n) is 29.9. The third-order valence-corrected chi connectivity index (χ3v) is 19.6. The van der Waals surface area contributed by atoms with Crippen LogP contribution in [0.5, 0.6) is 0 Å². The fourth-order valence-electron chi connectivity index (χ4n) is 13.1. The Morgan fingerprint density at radius 3 is 1.58 bits per heavy atom. The molecule has 74 heavy (non-hydrogen) atoms. The maximum Gasteiger partial charge on any atom is 0.266 e. The highest BCUT2D eigenvalue weighted by Gasteiger charge is 2.50. The Labute approximate surface area is 450 Å². The summed E-state index contributed by atoms with van der Waals surface area (Å²) in [5.41, 5.74) is 22.4. The van der Waals surface area contributed by atoms with Crippen LogP contribution in [0.4, 0.5) is 34.3 Å². The van der Waals surface area contributed by atoms with E-state index < -0.39 is 0 Å². The van der Waals surface area contributed by atoms with Crippen LogP contribution < -0.4 is 25.5 Å². The van der Waals surface area contributed by atoms with Crippen molar-refractivity contribution in [2.24, 2.45) is 0 Å². The van der Waals surface area contributed by atoms with Crippen LogP contribution in [0, 0.1) is 0 Å². The topological polar surface area (TPSA) is 19.4 Å². The minimum absolute atomic E-state index is 0.0117. The number of aromatic nitrogens is 1. The Balaban J connectivity index is 1.31. The number of fused-ring (bicyclic) bond motifs is 8. The van der Waals surface area contributed by atoms with Crippen LogP contribution in [0.1, 0.15) is 209 Å². The molecule has 0 fully saturated rings. The Morgan fingerprint density at radius 2 is 1.00 bits per heavy atom. The first kappa shape index (κ1) is 51.0. The number of nitrogens with zero attached hydrogens (tertiary/aromatic N) is 3. The first-order valence-corrected chi connectivity index (χ1v) is 28.8. The third-order valence-electron chi connectivity index (χ3n) is 18.4. The highest BCUT2D eigenvalue weighted by Crippen LogP contribution is 2.55. The molecule has 4 heterocycles. The number of hydrogen-bond donors (Lipinski definition) is 0. The van der Waals surface area contributed by atoms with Gasteiger partial charge in [-0.15, -0.1) is 11.3 Å². The number of rotatable bonds is 3. The van der Waals surface area contributed by atoms with Gasteiger partial charge in [0.2, 0.25) is 0 Å². The molecule has 2 aliphatic heterocycles. The Hall–Kier alpha value is -5.13. The largest absolute Gasteiger partial charge is 0.311 e. The zero-order valence-corrected chi connectivity index (χ0v) is 49.7. The van der Waals surface area contributed by atoms with E-state index in [9.17, 15) is 0 Å². The first-order valence-electron chi connectivity index (χ1n) is 28.0. The minimum Gasteiger partial charge on any atom is -0.311 e. The molecule has 0 spiro atoms. The molecule has 0 bridgehead atoms. The molecular weight excluding hydrogens is 914 g/mol. The molecule has 3 nitrogen and oxygen atoms in total. The van der Waals surface area contributed by atoms with Gasteiger partial charge in [-0.05, 0) is 168 Å². The number of thiophene rings is 1. The summed E-state index contributed by atoms with van der Waals surface area (Å²) in [6, 6.07) is 39.6. The average molecular weight is 998 g/mol. The predicted molar refractivity (Wildman–Crippen MR) is 324 cm³/mol. The zero-order chi connectivity index (χ0) is 53.4. The van der Waals surface area contributed by atoms with Crippen molar-refractivity contribution in [3.8, 4) is 11.1 Å². The van der Waals surface area contributed by atoms with E-state index in [1.165, 1.54) is 111 Å². The van der Waals surface area contributed by atoms with E-state index >= 15 is 0 Å². The second-order valence-corrected chi connectivity index (χ2v) is 31.0. The van der Waals surface area contributed by atoms with Gasteiger partial charge in [-0.1, -0.05) is 187 Å². The van der Waals surface area contributed by atoms with E-state index in [-0.39, 0.29) is 50.0 Å². The van der Waals surface area contributed by atoms with Gasteiger partial charge >= 0.3 is 0 Å². The van der Waals surface area contributed by atoms with E-state index in [0.29, 0.717) is 0 Å². The van der Waals surface area contributed by atoms with Gasteiger partial charge in [0.25, 0.3) is 6.71 Å². The highest BCUT2D eigenvalue weighted by molar-refractivity contribution is 7.33. The fourth-order valence-corrected chi connectivity index (χ4v) is 14.4. The maximum absolute atomic E-state index is 6.07. The fraction of sp³-hybridized carbons (Fsp3) is 0.464. The average Bonchev–Trinajstić information content (AvgIpc) is 3.69. The van der Waals surface area contributed by atoms with Gasteiger partial charge in [-0.25, -0.2) is 4.98 Å². The molecular formula is C69H84BN3S. The van der Waals surface area contributed by atoms with Gasteiger partial charge in [0, 0.05) is 42.9 Å². The lowest BCUT2D eigenvalue weighted by molar-refractivity contribution is 0.332. The number of benzene rings is 5. The summed E-state index contributed by atoms with van der Waals surface area (Å²) in [4.78, 5) is 11.4. The molecule has 0 N–H and O–H groups in total. The van der Waals surface area contributed by atoms with Gasteiger partial charge < -0.3 is 4.90 Å². The molecule has 0 atom stereocenters. The standard InChI is InChI=1S/C69H84BN3S/c1-62(2,3)42-23-21-41(22-24-42)46-35-43(63(4,5)6)25-29-53(46)73-54-39-51-50(68(17,18)33-34-69(51,19)20)38-52(54)70-58-55(73)40-57(65(10,11)12)71-61(58)72(45-27-28-48-49(37-45)67(15,16)32-31-66(48,13)14)59-47-36-44(64(7,8)9)26-30-56(47)74-60(59)70/h21-30,35-40H,31-34H2,1-20H3. The van der Waals surface area contributed by atoms with Crippen LogP contribution in [0.25, 0.3) is 21.2 Å². The summed E-state index contributed by atoms with van der Waals surface area (Å²) in [7, 11) is 0. The van der Waals surface area contributed by atoms with Crippen molar-refractivity contribution in [3.63, 3.8) is 0 Å². The molecule has 0 amide bonds. The van der Waals surface area contributed by atoms with Crippen molar-refractivity contribution in [2.45, 2.75) is 207 Å². The summed E-state index contributed by atoms with van der Waals surface area (Å²) in [5.74, 6) is 1.06. The lowest BCUT2D eigenvalue weighted by Crippen LogP contribution is -2.61. The van der Waals surface area contributed by atoms with E-state index in [1.54, 1.807) is 0 Å². The molecule has 2 aromatic heterocycles. The molecule has 2 aliphatic carbocycles. The van der Waals surface area contributed by atoms with Gasteiger partial charge in [0.1, 0.15) is 5.82 Å². The predicted octanol–water partition coefficient (Wildman–Crippen LogP) is 17.9. The summed E-state index contributed by atoms with van der Waals surface area (Å²) < 4.78 is 2.75. The van der Waals surface area contributed by atoms with E-state index in [0.717, 1.165) is 30.8 Å². The summed E-state index contributed by atoms with van der Waals surface area (Å²) in [6.07, 6.45) is 4.65. The molecule has 7 aromatic rings. The van der Waals surface area contributed by atoms with Crippen molar-refractivity contribution in [1.82, 2.24) is 4.98 Å². The first-order chi connectivity index (χ1) is 34.2. The van der Waals surface area contributed by atoms with E-state index in [2.05, 4.69) is 245 Å². The van der Waals surface area contributed by atoms with Crippen molar-refractivity contribution >= 4 is 78.1 Å². The summed E-state index contributed by atoms with van der Waals surface area (Å²) >= 11 is 2.01. The zero-order valence-electron chi connectivity index (χ0n) is 48.9. The molecule has 0 unspecified atom stereocenters. The minimum atomic E-state index is -0.250. The molecule has 5 heteroatoms. The lowest BCUT2D eigenvalue weighted by atomic mass is 9.36. The van der Waals surface area contributed by atoms with Crippen LogP contribution in [0.3, 0.4) is 0 Å². The molecule has 4 aliphatic rings.